The lowest BCUT2D eigenvalue weighted by atomic mass is 9.92. The Hall–Kier alpha value is -2.12. The van der Waals surface area contributed by atoms with Gasteiger partial charge in [-0.2, -0.15) is 4.98 Å². The number of hydrogen-bond donors (Lipinski definition) is 2. The van der Waals surface area contributed by atoms with Crippen molar-refractivity contribution < 1.29 is 14.1 Å². The van der Waals surface area contributed by atoms with E-state index in [0.717, 1.165) is 24.2 Å². The molecule has 2 rings (SSSR count). The zero-order chi connectivity index (χ0) is 18.3. The van der Waals surface area contributed by atoms with Gasteiger partial charge in [0.15, 0.2) is 0 Å². The van der Waals surface area contributed by atoms with E-state index in [-0.39, 0.29) is 30.3 Å². The number of rotatable bonds is 9. The second kappa shape index (κ2) is 10.1. The minimum Gasteiger partial charge on any atom is -0.497 e. The van der Waals surface area contributed by atoms with E-state index in [0.29, 0.717) is 24.7 Å². The normalized spacial score (nSPS) is 10.9. The smallest absolute Gasteiger partial charge is 0.227 e. The molecule has 0 radical (unpaired) electrons. The molecule has 1 amide bonds. The van der Waals surface area contributed by atoms with Gasteiger partial charge in [-0.1, -0.05) is 19.0 Å². The monoisotopic (exact) mass is 382 g/mol. The van der Waals surface area contributed by atoms with Crippen LogP contribution in [0.4, 0.5) is 0 Å². The van der Waals surface area contributed by atoms with Crippen LogP contribution in [-0.4, -0.2) is 35.2 Å². The van der Waals surface area contributed by atoms with Gasteiger partial charge in [-0.25, -0.2) is 0 Å². The quantitative estimate of drug-likeness (QED) is 0.691. The molecule has 2 aromatic rings. The largest absolute Gasteiger partial charge is 0.497 e. The number of halogens is 1. The summed E-state index contributed by atoms with van der Waals surface area (Å²) < 4.78 is 10.4. The SMILES string of the molecule is CCC(CC)(CN)NC(=O)CCc1nc(-c2ccc(OC)cc2)no1.Cl. The molecular weight excluding hydrogens is 356 g/mol. The molecule has 1 aromatic carbocycles. The molecule has 7 nitrogen and oxygen atoms in total. The number of aryl methyl sites for hydroxylation is 1. The first-order valence-corrected chi connectivity index (χ1v) is 8.54. The molecule has 1 heterocycles. The highest BCUT2D eigenvalue weighted by Gasteiger charge is 2.26. The lowest BCUT2D eigenvalue weighted by Crippen LogP contribution is -2.52. The summed E-state index contributed by atoms with van der Waals surface area (Å²) in [7, 11) is 1.61. The Morgan fingerprint density at radius 2 is 1.92 bits per heavy atom. The summed E-state index contributed by atoms with van der Waals surface area (Å²) >= 11 is 0. The molecule has 0 atom stereocenters. The number of nitrogens with two attached hydrogens (primary N) is 1. The number of ether oxygens (including phenoxy) is 1. The lowest BCUT2D eigenvalue weighted by molar-refractivity contribution is -0.123. The Morgan fingerprint density at radius 3 is 2.46 bits per heavy atom. The van der Waals surface area contributed by atoms with Crippen molar-refractivity contribution in [2.45, 2.75) is 45.1 Å². The van der Waals surface area contributed by atoms with Gasteiger partial charge in [-0.05, 0) is 37.1 Å². The average molecular weight is 383 g/mol. The summed E-state index contributed by atoms with van der Waals surface area (Å²) in [6.07, 6.45) is 2.27. The Balaban J connectivity index is 0.00000338. The first kappa shape index (κ1) is 21.9. The number of amides is 1. The standard InChI is InChI=1S/C18H26N4O3.ClH/c1-4-18(5-2,12-19)21-15(23)10-11-16-20-17(22-25-16)13-6-8-14(24-3)9-7-13;/h6-9H,4-5,10-12,19H2,1-3H3,(H,21,23);1H. The Kier molecular flexibility index (Phi) is 8.54. The number of aromatic nitrogens is 2. The average Bonchev–Trinajstić information content (AvgIpc) is 3.14. The summed E-state index contributed by atoms with van der Waals surface area (Å²) in [5, 5.41) is 7.00. The van der Waals surface area contributed by atoms with E-state index in [4.69, 9.17) is 15.0 Å². The van der Waals surface area contributed by atoms with E-state index in [1.807, 2.05) is 38.1 Å². The molecule has 0 saturated carbocycles. The van der Waals surface area contributed by atoms with Crippen molar-refractivity contribution in [1.82, 2.24) is 15.5 Å². The van der Waals surface area contributed by atoms with Crippen molar-refractivity contribution in [3.8, 4) is 17.1 Å². The summed E-state index contributed by atoms with van der Waals surface area (Å²) in [4.78, 5) is 16.5. The minimum absolute atomic E-state index is 0. The summed E-state index contributed by atoms with van der Waals surface area (Å²) in [6, 6.07) is 7.39. The fraction of sp³-hybridized carbons (Fsp3) is 0.500. The van der Waals surface area contributed by atoms with Crippen molar-refractivity contribution in [3.63, 3.8) is 0 Å². The first-order valence-electron chi connectivity index (χ1n) is 8.54. The van der Waals surface area contributed by atoms with Crippen LogP contribution >= 0.6 is 12.4 Å². The van der Waals surface area contributed by atoms with Crippen molar-refractivity contribution in [1.29, 1.82) is 0 Å². The third-order valence-electron chi connectivity index (χ3n) is 4.53. The number of methoxy groups -OCH3 is 1. The Morgan fingerprint density at radius 1 is 1.27 bits per heavy atom. The molecule has 0 bridgehead atoms. The Bertz CT molecular complexity index is 676. The number of benzene rings is 1. The molecule has 1 aromatic heterocycles. The maximum atomic E-state index is 12.2. The van der Waals surface area contributed by atoms with Crippen LogP contribution in [0.2, 0.25) is 0 Å². The van der Waals surface area contributed by atoms with Gasteiger partial charge in [-0.3, -0.25) is 4.79 Å². The molecule has 0 unspecified atom stereocenters. The molecule has 8 heteroatoms. The summed E-state index contributed by atoms with van der Waals surface area (Å²) in [5.74, 6) is 1.64. The maximum absolute atomic E-state index is 12.2. The van der Waals surface area contributed by atoms with E-state index in [1.54, 1.807) is 7.11 Å². The molecule has 3 N–H and O–H groups in total. The van der Waals surface area contributed by atoms with E-state index >= 15 is 0 Å². The van der Waals surface area contributed by atoms with Gasteiger partial charge in [0.2, 0.25) is 17.6 Å². The topological polar surface area (TPSA) is 103 Å². The highest BCUT2D eigenvalue weighted by Crippen LogP contribution is 2.20. The van der Waals surface area contributed by atoms with E-state index in [1.165, 1.54) is 0 Å². The van der Waals surface area contributed by atoms with Crippen LogP contribution in [0.1, 0.15) is 39.0 Å². The Labute approximate surface area is 160 Å². The second-order valence-electron chi connectivity index (χ2n) is 5.98. The number of carbonyl (C=O) groups is 1. The van der Waals surface area contributed by atoms with E-state index < -0.39 is 0 Å². The molecule has 144 valence electrons. The van der Waals surface area contributed by atoms with Crippen molar-refractivity contribution in [2.75, 3.05) is 13.7 Å². The molecule has 0 saturated heterocycles. The zero-order valence-electron chi connectivity index (χ0n) is 15.4. The van der Waals surface area contributed by atoms with Crippen LogP contribution < -0.4 is 15.8 Å². The molecule has 0 aliphatic rings. The van der Waals surface area contributed by atoms with Crippen molar-refractivity contribution in [2.24, 2.45) is 5.73 Å². The van der Waals surface area contributed by atoms with Gasteiger partial charge >= 0.3 is 0 Å². The van der Waals surface area contributed by atoms with Gasteiger partial charge in [0.1, 0.15) is 5.75 Å². The van der Waals surface area contributed by atoms with Gasteiger partial charge in [0, 0.05) is 24.9 Å². The number of carbonyl (C=O) groups excluding carboxylic acids is 1. The van der Waals surface area contributed by atoms with Gasteiger partial charge in [0.05, 0.1) is 12.6 Å². The third-order valence-corrected chi connectivity index (χ3v) is 4.53. The first-order chi connectivity index (χ1) is 12.1. The minimum atomic E-state index is -0.333. The number of nitrogens with one attached hydrogen (secondary N) is 1. The lowest BCUT2D eigenvalue weighted by Gasteiger charge is -2.31. The van der Waals surface area contributed by atoms with E-state index in [2.05, 4.69) is 15.5 Å². The van der Waals surface area contributed by atoms with Crippen molar-refractivity contribution in [3.05, 3.63) is 30.2 Å². The van der Waals surface area contributed by atoms with Crippen LogP contribution in [0.3, 0.4) is 0 Å². The fourth-order valence-corrected chi connectivity index (χ4v) is 2.56. The molecule has 0 aliphatic heterocycles. The molecule has 26 heavy (non-hydrogen) atoms. The van der Waals surface area contributed by atoms with E-state index in [9.17, 15) is 4.79 Å². The van der Waals surface area contributed by atoms with Gasteiger partial charge < -0.3 is 20.3 Å². The predicted octanol–water partition coefficient (Wildman–Crippen LogP) is 2.73. The third kappa shape index (κ3) is 5.44. The highest BCUT2D eigenvalue weighted by molar-refractivity contribution is 5.85. The van der Waals surface area contributed by atoms with Crippen LogP contribution in [-0.2, 0) is 11.2 Å². The maximum Gasteiger partial charge on any atom is 0.227 e. The fourth-order valence-electron chi connectivity index (χ4n) is 2.56. The number of nitrogens with zero attached hydrogens (tertiary/aromatic N) is 2. The predicted molar refractivity (Wildman–Crippen MR) is 102 cm³/mol. The van der Waals surface area contributed by atoms with Gasteiger partial charge in [0.25, 0.3) is 0 Å². The zero-order valence-corrected chi connectivity index (χ0v) is 16.3. The van der Waals surface area contributed by atoms with Crippen LogP contribution in [0.25, 0.3) is 11.4 Å². The van der Waals surface area contributed by atoms with Crippen LogP contribution in [0.15, 0.2) is 28.8 Å². The number of hydrogen-bond acceptors (Lipinski definition) is 6. The van der Waals surface area contributed by atoms with Crippen molar-refractivity contribution >= 4 is 18.3 Å². The summed E-state index contributed by atoms with van der Waals surface area (Å²) in [6.45, 7) is 4.47. The van der Waals surface area contributed by atoms with Crippen LogP contribution in [0, 0.1) is 0 Å². The highest BCUT2D eigenvalue weighted by atomic mass is 35.5. The molecular formula is C18H27ClN4O3. The molecule has 0 fully saturated rings. The summed E-state index contributed by atoms with van der Waals surface area (Å²) in [5.41, 5.74) is 6.31. The van der Waals surface area contributed by atoms with Crippen LogP contribution in [0.5, 0.6) is 5.75 Å². The van der Waals surface area contributed by atoms with Gasteiger partial charge in [-0.15, -0.1) is 12.4 Å². The molecule has 0 aliphatic carbocycles. The second-order valence-corrected chi connectivity index (χ2v) is 5.98. The molecule has 0 spiro atoms.